The van der Waals surface area contributed by atoms with Crippen molar-refractivity contribution in [1.29, 1.82) is 0 Å². The summed E-state index contributed by atoms with van der Waals surface area (Å²) >= 11 is 0. The van der Waals surface area contributed by atoms with Crippen LogP contribution in [0.25, 0.3) is 0 Å². The summed E-state index contributed by atoms with van der Waals surface area (Å²) in [5, 5.41) is 3.59. The standard InChI is InChI=1S/C17H29N/c1-13(2)9-10-17(12-18-14(3)4)16-8-6-7-15(5)11-16/h6-8,11,13-14,17-18H,9-10,12H2,1-5H3. The van der Waals surface area contributed by atoms with E-state index in [1.54, 1.807) is 0 Å². The molecule has 1 N–H and O–H groups in total. The highest BCUT2D eigenvalue weighted by Crippen LogP contribution is 2.23. The van der Waals surface area contributed by atoms with Crippen LogP contribution in [0.4, 0.5) is 0 Å². The Labute approximate surface area is 113 Å². The average molecular weight is 247 g/mol. The van der Waals surface area contributed by atoms with E-state index in [4.69, 9.17) is 0 Å². The van der Waals surface area contributed by atoms with Crippen LogP contribution in [0, 0.1) is 12.8 Å². The minimum absolute atomic E-state index is 0.566. The molecule has 102 valence electrons. The molecule has 1 unspecified atom stereocenters. The summed E-state index contributed by atoms with van der Waals surface area (Å²) in [6.45, 7) is 12.3. The minimum Gasteiger partial charge on any atom is -0.314 e. The number of benzene rings is 1. The number of rotatable bonds is 7. The van der Waals surface area contributed by atoms with Crippen molar-refractivity contribution in [3.63, 3.8) is 0 Å². The van der Waals surface area contributed by atoms with Crippen LogP contribution < -0.4 is 5.32 Å². The average Bonchev–Trinajstić information content (AvgIpc) is 2.28. The molecule has 0 heterocycles. The van der Waals surface area contributed by atoms with Crippen LogP contribution in [-0.2, 0) is 0 Å². The second-order valence-corrected chi connectivity index (χ2v) is 6.15. The molecule has 0 radical (unpaired) electrons. The van der Waals surface area contributed by atoms with Crippen LogP contribution in [0.5, 0.6) is 0 Å². The fourth-order valence-corrected chi connectivity index (χ4v) is 2.22. The largest absolute Gasteiger partial charge is 0.314 e. The smallest absolute Gasteiger partial charge is 0.00225 e. The lowest BCUT2D eigenvalue weighted by Gasteiger charge is -2.21. The Morgan fingerprint density at radius 1 is 1.06 bits per heavy atom. The van der Waals surface area contributed by atoms with Crippen molar-refractivity contribution in [3.8, 4) is 0 Å². The van der Waals surface area contributed by atoms with Gasteiger partial charge in [-0.2, -0.15) is 0 Å². The molecule has 0 spiro atoms. The van der Waals surface area contributed by atoms with Gasteiger partial charge in [0.25, 0.3) is 0 Å². The number of hydrogen-bond donors (Lipinski definition) is 1. The van der Waals surface area contributed by atoms with Crippen LogP contribution in [-0.4, -0.2) is 12.6 Å². The summed E-state index contributed by atoms with van der Waals surface area (Å²) in [4.78, 5) is 0. The van der Waals surface area contributed by atoms with Crippen LogP contribution >= 0.6 is 0 Å². The Morgan fingerprint density at radius 2 is 1.78 bits per heavy atom. The molecule has 1 heteroatoms. The SMILES string of the molecule is Cc1cccc(C(CCC(C)C)CNC(C)C)c1. The lowest BCUT2D eigenvalue weighted by atomic mass is 9.90. The fraction of sp³-hybridized carbons (Fsp3) is 0.647. The van der Waals surface area contributed by atoms with Crippen LogP contribution in [0.2, 0.25) is 0 Å². The maximum Gasteiger partial charge on any atom is 0.00225 e. The molecular weight excluding hydrogens is 218 g/mol. The van der Waals surface area contributed by atoms with Gasteiger partial charge in [0.1, 0.15) is 0 Å². The van der Waals surface area contributed by atoms with Gasteiger partial charge in [-0.1, -0.05) is 63.9 Å². The summed E-state index contributed by atoms with van der Waals surface area (Å²) in [5.74, 6) is 1.44. The van der Waals surface area contributed by atoms with Gasteiger partial charge in [-0.05, 0) is 30.7 Å². The Morgan fingerprint density at radius 3 is 2.33 bits per heavy atom. The van der Waals surface area contributed by atoms with E-state index < -0.39 is 0 Å². The van der Waals surface area contributed by atoms with Crippen molar-refractivity contribution in [2.24, 2.45) is 5.92 Å². The third-order valence-corrected chi connectivity index (χ3v) is 3.38. The molecule has 1 aromatic carbocycles. The minimum atomic E-state index is 0.566. The van der Waals surface area contributed by atoms with E-state index in [9.17, 15) is 0 Å². The van der Waals surface area contributed by atoms with Gasteiger partial charge in [0.05, 0.1) is 0 Å². The summed E-state index contributed by atoms with van der Waals surface area (Å²) in [5.41, 5.74) is 2.86. The molecule has 0 aliphatic heterocycles. The van der Waals surface area contributed by atoms with Crippen LogP contribution in [0.1, 0.15) is 57.6 Å². The van der Waals surface area contributed by atoms with E-state index in [2.05, 4.69) is 64.2 Å². The molecule has 1 atom stereocenters. The molecule has 0 aromatic heterocycles. The van der Waals surface area contributed by atoms with E-state index in [-0.39, 0.29) is 0 Å². The highest BCUT2D eigenvalue weighted by Gasteiger charge is 2.12. The van der Waals surface area contributed by atoms with Gasteiger partial charge in [0.15, 0.2) is 0 Å². The molecule has 1 aromatic rings. The first-order chi connectivity index (χ1) is 8.49. The Hall–Kier alpha value is -0.820. The van der Waals surface area contributed by atoms with E-state index in [1.807, 2.05) is 0 Å². The second-order valence-electron chi connectivity index (χ2n) is 6.15. The summed E-state index contributed by atoms with van der Waals surface area (Å²) in [7, 11) is 0. The van der Waals surface area contributed by atoms with Crippen LogP contribution in [0.15, 0.2) is 24.3 Å². The first-order valence-electron chi connectivity index (χ1n) is 7.29. The third-order valence-electron chi connectivity index (χ3n) is 3.38. The van der Waals surface area contributed by atoms with Gasteiger partial charge >= 0.3 is 0 Å². The number of hydrogen-bond acceptors (Lipinski definition) is 1. The fourth-order valence-electron chi connectivity index (χ4n) is 2.22. The quantitative estimate of drug-likeness (QED) is 0.747. The molecule has 0 aliphatic carbocycles. The zero-order valence-corrected chi connectivity index (χ0v) is 12.7. The maximum atomic E-state index is 3.59. The van der Waals surface area contributed by atoms with Crippen molar-refractivity contribution in [2.45, 2.75) is 59.4 Å². The van der Waals surface area contributed by atoms with E-state index in [1.165, 1.54) is 24.0 Å². The van der Waals surface area contributed by atoms with Crippen LogP contribution in [0.3, 0.4) is 0 Å². The van der Waals surface area contributed by atoms with Gasteiger partial charge in [-0.3, -0.25) is 0 Å². The summed E-state index contributed by atoms with van der Waals surface area (Å²) < 4.78 is 0. The molecule has 1 nitrogen and oxygen atoms in total. The first kappa shape index (κ1) is 15.2. The number of nitrogens with one attached hydrogen (secondary N) is 1. The summed E-state index contributed by atoms with van der Waals surface area (Å²) in [6, 6.07) is 9.55. The maximum absolute atomic E-state index is 3.59. The number of aryl methyl sites for hydroxylation is 1. The third kappa shape index (κ3) is 5.68. The van der Waals surface area contributed by atoms with E-state index in [0.29, 0.717) is 12.0 Å². The molecule has 0 fully saturated rings. The highest BCUT2D eigenvalue weighted by molar-refractivity contribution is 5.25. The molecule has 0 saturated heterocycles. The normalized spacial score (nSPS) is 13.3. The predicted molar refractivity (Wildman–Crippen MR) is 81.1 cm³/mol. The van der Waals surface area contributed by atoms with E-state index in [0.717, 1.165) is 12.5 Å². The highest BCUT2D eigenvalue weighted by atomic mass is 14.9. The molecule has 0 aliphatic rings. The first-order valence-corrected chi connectivity index (χ1v) is 7.29. The Balaban J connectivity index is 2.69. The van der Waals surface area contributed by atoms with Crippen molar-refractivity contribution in [2.75, 3.05) is 6.54 Å². The Kier molecular flexibility index (Phi) is 6.42. The molecule has 18 heavy (non-hydrogen) atoms. The molecular formula is C17H29N. The lowest BCUT2D eigenvalue weighted by molar-refractivity contribution is 0.459. The molecule has 0 amide bonds. The van der Waals surface area contributed by atoms with Crippen molar-refractivity contribution in [1.82, 2.24) is 5.32 Å². The zero-order chi connectivity index (χ0) is 13.5. The second kappa shape index (κ2) is 7.58. The molecule has 1 rings (SSSR count). The van der Waals surface area contributed by atoms with Gasteiger partial charge in [0.2, 0.25) is 0 Å². The van der Waals surface area contributed by atoms with Crippen molar-refractivity contribution >= 4 is 0 Å². The monoisotopic (exact) mass is 247 g/mol. The summed E-state index contributed by atoms with van der Waals surface area (Å²) in [6.07, 6.45) is 2.58. The predicted octanol–water partition coefficient (Wildman–Crippen LogP) is 4.51. The van der Waals surface area contributed by atoms with Crippen molar-refractivity contribution in [3.05, 3.63) is 35.4 Å². The van der Waals surface area contributed by atoms with Crippen molar-refractivity contribution < 1.29 is 0 Å². The van der Waals surface area contributed by atoms with Gasteiger partial charge < -0.3 is 5.32 Å². The van der Waals surface area contributed by atoms with Gasteiger partial charge in [-0.15, -0.1) is 0 Å². The topological polar surface area (TPSA) is 12.0 Å². The lowest BCUT2D eigenvalue weighted by Crippen LogP contribution is -2.28. The molecule has 0 bridgehead atoms. The van der Waals surface area contributed by atoms with E-state index >= 15 is 0 Å². The Bertz CT molecular complexity index is 329. The van der Waals surface area contributed by atoms with Gasteiger partial charge in [-0.25, -0.2) is 0 Å². The molecule has 0 saturated carbocycles. The zero-order valence-electron chi connectivity index (χ0n) is 12.7. The van der Waals surface area contributed by atoms with Gasteiger partial charge in [0, 0.05) is 12.6 Å².